The molecule has 1 aliphatic heterocycles. The van der Waals surface area contributed by atoms with Gasteiger partial charge in [-0.2, -0.15) is 0 Å². The molecule has 3 heterocycles. The fourth-order valence-electron chi connectivity index (χ4n) is 4.61. The minimum absolute atomic E-state index is 0.0162. The van der Waals surface area contributed by atoms with Gasteiger partial charge in [0.15, 0.2) is 0 Å². The fourth-order valence-corrected chi connectivity index (χ4v) is 5.61. The summed E-state index contributed by atoms with van der Waals surface area (Å²) in [4.78, 5) is 17.3. The molecule has 0 unspecified atom stereocenters. The highest BCUT2D eigenvalue weighted by molar-refractivity contribution is 7.18. The van der Waals surface area contributed by atoms with Crippen molar-refractivity contribution in [3.05, 3.63) is 89.6 Å². The zero-order valence-electron chi connectivity index (χ0n) is 20.8. The molecule has 2 aromatic heterocycles. The second-order valence-corrected chi connectivity index (χ2v) is 10.5. The minimum Gasteiger partial charge on any atom is -0.424 e. The number of fused-ring (bicyclic) bond motifs is 1. The summed E-state index contributed by atoms with van der Waals surface area (Å²) in [6.07, 6.45) is 2.67. The van der Waals surface area contributed by atoms with E-state index in [4.69, 9.17) is 9.40 Å². The van der Waals surface area contributed by atoms with Gasteiger partial charge in [-0.1, -0.05) is 36.4 Å². The first-order chi connectivity index (χ1) is 18.7. The standard InChI is InChI=1S/C29H28N6O2S/c36-26(32-22-9-7-21(8-10-22)31-23-12-14-30-15-13-23)17-27-34-35-28(37-27)18-29-33-24-11-6-20(16-25(24)38-29)19-4-2-1-3-5-19/h1-11,16,23,30-31H,12-15,17-18H2,(H,32,36). The van der Waals surface area contributed by atoms with Crippen molar-refractivity contribution in [1.29, 1.82) is 0 Å². The highest BCUT2D eigenvalue weighted by Crippen LogP contribution is 2.29. The van der Waals surface area contributed by atoms with Crippen LogP contribution in [-0.4, -0.2) is 40.2 Å². The summed E-state index contributed by atoms with van der Waals surface area (Å²) < 4.78 is 6.87. The van der Waals surface area contributed by atoms with E-state index in [0.717, 1.165) is 58.1 Å². The SMILES string of the molecule is O=C(Cc1nnc(Cc2nc3ccc(-c4ccccc4)cc3s2)o1)Nc1ccc(NC2CCNCC2)cc1. The van der Waals surface area contributed by atoms with E-state index in [-0.39, 0.29) is 18.2 Å². The fraction of sp³-hybridized carbons (Fsp3) is 0.241. The van der Waals surface area contributed by atoms with Crippen molar-refractivity contribution in [3.8, 4) is 11.1 Å². The van der Waals surface area contributed by atoms with Crippen LogP contribution in [0.5, 0.6) is 0 Å². The van der Waals surface area contributed by atoms with Crippen molar-refractivity contribution in [3.63, 3.8) is 0 Å². The number of hydrogen-bond acceptors (Lipinski definition) is 8. The number of carbonyl (C=O) groups is 1. The number of thiazole rings is 1. The third-order valence-electron chi connectivity index (χ3n) is 6.54. The van der Waals surface area contributed by atoms with E-state index in [9.17, 15) is 4.79 Å². The van der Waals surface area contributed by atoms with E-state index < -0.39 is 0 Å². The third kappa shape index (κ3) is 5.90. The summed E-state index contributed by atoms with van der Waals surface area (Å²) in [7, 11) is 0. The maximum absolute atomic E-state index is 12.5. The zero-order chi connectivity index (χ0) is 25.7. The lowest BCUT2D eigenvalue weighted by Gasteiger charge is -2.24. The van der Waals surface area contributed by atoms with E-state index in [2.05, 4.69) is 50.4 Å². The van der Waals surface area contributed by atoms with Gasteiger partial charge in [-0.3, -0.25) is 4.79 Å². The van der Waals surface area contributed by atoms with Crippen molar-refractivity contribution in [2.24, 2.45) is 0 Å². The number of nitrogens with zero attached hydrogens (tertiary/aromatic N) is 3. The molecule has 6 rings (SSSR count). The van der Waals surface area contributed by atoms with Crippen LogP contribution in [-0.2, 0) is 17.6 Å². The van der Waals surface area contributed by atoms with Crippen molar-refractivity contribution in [2.45, 2.75) is 31.7 Å². The molecule has 0 atom stereocenters. The molecule has 3 N–H and O–H groups in total. The number of carbonyl (C=O) groups excluding carboxylic acids is 1. The number of piperidine rings is 1. The molecule has 8 nitrogen and oxygen atoms in total. The molecule has 0 saturated carbocycles. The third-order valence-corrected chi connectivity index (χ3v) is 7.56. The predicted octanol–water partition coefficient (Wildman–Crippen LogP) is 5.28. The van der Waals surface area contributed by atoms with Gasteiger partial charge in [0, 0.05) is 17.4 Å². The first-order valence-electron chi connectivity index (χ1n) is 12.8. The molecule has 38 heavy (non-hydrogen) atoms. The van der Waals surface area contributed by atoms with Crippen molar-refractivity contribution in [2.75, 3.05) is 23.7 Å². The molecule has 0 bridgehead atoms. The molecular formula is C29H28N6O2S. The molecule has 0 radical (unpaired) electrons. The van der Waals surface area contributed by atoms with E-state index >= 15 is 0 Å². The number of hydrogen-bond donors (Lipinski definition) is 3. The Bertz CT molecular complexity index is 1520. The Morgan fingerprint density at radius 3 is 2.50 bits per heavy atom. The monoisotopic (exact) mass is 524 g/mol. The van der Waals surface area contributed by atoms with Crippen LogP contribution in [0.1, 0.15) is 29.6 Å². The van der Waals surface area contributed by atoms with E-state index in [1.807, 2.05) is 48.5 Å². The molecule has 5 aromatic rings. The van der Waals surface area contributed by atoms with E-state index in [1.165, 1.54) is 5.56 Å². The number of anilines is 2. The first-order valence-corrected chi connectivity index (χ1v) is 13.6. The summed E-state index contributed by atoms with van der Waals surface area (Å²) in [6.45, 7) is 2.08. The van der Waals surface area contributed by atoms with Crippen LogP contribution in [0.15, 0.2) is 77.2 Å². The summed E-state index contributed by atoms with van der Waals surface area (Å²) in [5.41, 5.74) is 5.07. The second kappa shape index (κ2) is 11.1. The summed E-state index contributed by atoms with van der Waals surface area (Å²) in [5.74, 6) is 0.533. The molecule has 1 amide bonds. The molecule has 0 spiro atoms. The van der Waals surface area contributed by atoms with Crippen LogP contribution in [0.2, 0.25) is 0 Å². The van der Waals surface area contributed by atoms with Crippen LogP contribution in [0, 0.1) is 0 Å². The van der Waals surface area contributed by atoms with Gasteiger partial charge < -0.3 is 20.4 Å². The lowest BCUT2D eigenvalue weighted by Crippen LogP contribution is -2.35. The van der Waals surface area contributed by atoms with Crippen molar-refractivity contribution in [1.82, 2.24) is 20.5 Å². The smallest absolute Gasteiger partial charge is 0.233 e. The summed E-state index contributed by atoms with van der Waals surface area (Å²) in [5, 5.41) is 18.9. The van der Waals surface area contributed by atoms with Crippen LogP contribution in [0.4, 0.5) is 11.4 Å². The lowest BCUT2D eigenvalue weighted by molar-refractivity contribution is -0.115. The molecule has 1 aliphatic rings. The van der Waals surface area contributed by atoms with E-state index in [0.29, 0.717) is 18.4 Å². The zero-order valence-corrected chi connectivity index (χ0v) is 21.6. The van der Waals surface area contributed by atoms with Gasteiger partial charge >= 0.3 is 0 Å². The Kier molecular flexibility index (Phi) is 7.10. The van der Waals surface area contributed by atoms with Gasteiger partial charge in [-0.05, 0) is 73.5 Å². The van der Waals surface area contributed by atoms with Crippen LogP contribution in [0.3, 0.4) is 0 Å². The average molecular weight is 525 g/mol. The number of rotatable bonds is 8. The Hall–Kier alpha value is -4.08. The first kappa shape index (κ1) is 24.3. The quantitative estimate of drug-likeness (QED) is 0.254. The highest BCUT2D eigenvalue weighted by Gasteiger charge is 2.15. The average Bonchev–Trinajstić information content (AvgIpc) is 3.56. The normalized spacial score (nSPS) is 14.0. The van der Waals surface area contributed by atoms with Gasteiger partial charge in [-0.25, -0.2) is 4.98 Å². The maximum Gasteiger partial charge on any atom is 0.233 e. The molecule has 1 saturated heterocycles. The molecule has 3 aromatic carbocycles. The van der Waals surface area contributed by atoms with Gasteiger partial charge in [-0.15, -0.1) is 21.5 Å². The number of amides is 1. The van der Waals surface area contributed by atoms with Gasteiger partial charge in [0.25, 0.3) is 0 Å². The number of nitrogens with one attached hydrogen (secondary N) is 3. The topological polar surface area (TPSA) is 105 Å². The largest absolute Gasteiger partial charge is 0.424 e. The Labute approximate surface area is 224 Å². The van der Waals surface area contributed by atoms with Crippen LogP contribution >= 0.6 is 11.3 Å². The molecule has 0 aliphatic carbocycles. The number of aromatic nitrogens is 3. The Morgan fingerprint density at radius 1 is 0.921 bits per heavy atom. The minimum atomic E-state index is -0.201. The van der Waals surface area contributed by atoms with Gasteiger partial charge in [0.1, 0.15) is 11.4 Å². The second-order valence-electron chi connectivity index (χ2n) is 9.39. The molecule has 9 heteroatoms. The molecular weight excluding hydrogens is 496 g/mol. The van der Waals surface area contributed by atoms with Gasteiger partial charge in [0.05, 0.1) is 16.6 Å². The van der Waals surface area contributed by atoms with Gasteiger partial charge in [0.2, 0.25) is 17.7 Å². The van der Waals surface area contributed by atoms with E-state index in [1.54, 1.807) is 11.3 Å². The summed E-state index contributed by atoms with van der Waals surface area (Å²) >= 11 is 1.61. The Balaban J connectivity index is 1.04. The maximum atomic E-state index is 12.5. The van der Waals surface area contributed by atoms with Crippen molar-refractivity contribution < 1.29 is 9.21 Å². The van der Waals surface area contributed by atoms with Crippen molar-refractivity contribution >= 4 is 38.8 Å². The number of benzene rings is 3. The molecule has 1 fully saturated rings. The molecule has 192 valence electrons. The summed E-state index contributed by atoms with van der Waals surface area (Å²) in [6, 6.07) is 24.8. The predicted molar refractivity (Wildman–Crippen MR) is 150 cm³/mol. The highest BCUT2D eigenvalue weighted by atomic mass is 32.1. The lowest BCUT2D eigenvalue weighted by atomic mass is 10.1. The van der Waals surface area contributed by atoms with Crippen LogP contribution in [0.25, 0.3) is 21.3 Å². The Morgan fingerprint density at radius 2 is 1.68 bits per heavy atom. The van der Waals surface area contributed by atoms with Crippen LogP contribution < -0.4 is 16.0 Å².